The number of β-amino-alcohol motifs (C(OH)–C–C–N with tert-alkyl or cyclic N) is 1. The van der Waals surface area contributed by atoms with E-state index in [1.54, 1.807) is 0 Å². The van der Waals surface area contributed by atoms with Crippen molar-refractivity contribution in [2.24, 2.45) is 5.41 Å². The van der Waals surface area contributed by atoms with Crippen molar-refractivity contribution in [1.29, 1.82) is 0 Å². The number of phenols is 1. The number of hydrogen-bond acceptors (Lipinski definition) is 5. The van der Waals surface area contributed by atoms with E-state index in [1.165, 1.54) is 30.2 Å². The van der Waals surface area contributed by atoms with Crippen LogP contribution in [-0.2, 0) is 4.79 Å². The standard InChI is InChI=1S/C17H23NO6/c1-3-6-17(16(22)23)7-8-18(10-14(17)20)15(21)11-4-5-13(24-2)12(19)9-11/h4-5,9,14,19-20H,3,6-8,10H2,1-2H3,(H,22,23)/t14-,17-/m0/s1. The number of carbonyl (C=O) groups excluding carboxylic acids is 1. The zero-order valence-electron chi connectivity index (χ0n) is 13.9. The molecule has 1 amide bonds. The number of phenolic OH excluding ortho intramolecular Hbond substituents is 1. The Kier molecular flexibility index (Phi) is 5.33. The number of rotatable bonds is 5. The molecule has 1 aromatic carbocycles. The molecule has 0 aromatic heterocycles. The second-order valence-electron chi connectivity index (χ2n) is 6.11. The maximum absolute atomic E-state index is 12.6. The third-order valence-corrected chi connectivity index (χ3v) is 4.69. The number of methoxy groups -OCH3 is 1. The number of carbonyl (C=O) groups is 2. The van der Waals surface area contributed by atoms with Gasteiger partial charge in [0.25, 0.3) is 5.91 Å². The molecule has 3 N–H and O–H groups in total. The Morgan fingerprint density at radius 2 is 2.12 bits per heavy atom. The van der Waals surface area contributed by atoms with Crippen molar-refractivity contribution in [1.82, 2.24) is 4.90 Å². The van der Waals surface area contributed by atoms with Crippen LogP contribution >= 0.6 is 0 Å². The van der Waals surface area contributed by atoms with Gasteiger partial charge in [-0.3, -0.25) is 9.59 Å². The van der Waals surface area contributed by atoms with E-state index >= 15 is 0 Å². The molecule has 0 unspecified atom stereocenters. The number of aliphatic hydroxyl groups is 1. The number of piperidine rings is 1. The molecule has 2 rings (SSSR count). The second kappa shape index (κ2) is 7.09. The summed E-state index contributed by atoms with van der Waals surface area (Å²) < 4.78 is 4.94. The fraction of sp³-hybridized carbons (Fsp3) is 0.529. The number of carboxylic acids is 1. The van der Waals surface area contributed by atoms with E-state index in [0.717, 1.165) is 0 Å². The van der Waals surface area contributed by atoms with E-state index in [9.17, 15) is 24.9 Å². The van der Waals surface area contributed by atoms with Crippen molar-refractivity contribution in [2.75, 3.05) is 20.2 Å². The highest BCUT2D eigenvalue weighted by atomic mass is 16.5. The molecule has 1 aliphatic heterocycles. The van der Waals surface area contributed by atoms with Gasteiger partial charge in [0.1, 0.15) is 0 Å². The smallest absolute Gasteiger partial charge is 0.312 e. The molecular weight excluding hydrogens is 314 g/mol. The third kappa shape index (κ3) is 3.17. The fourth-order valence-corrected chi connectivity index (χ4v) is 3.26. The van der Waals surface area contributed by atoms with Crippen LogP contribution < -0.4 is 4.74 Å². The number of benzene rings is 1. The van der Waals surface area contributed by atoms with Gasteiger partial charge in [-0.15, -0.1) is 0 Å². The number of aromatic hydroxyl groups is 1. The summed E-state index contributed by atoms with van der Waals surface area (Å²) in [5, 5.41) is 29.7. The van der Waals surface area contributed by atoms with Gasteiger partial charge in [0, 0.05) is 18.7 Å². The topological polar surface area (TPSA) is 107 Å². The van der Waals surface area contributed by atoms with Crippen LogP contribution in [0.4, 0.5) is 0 Å². The van der Waals surface area contributed by atoms with Crippen molar-refractivity contribution in [2.45, 2.75) is 32.3 Å². The molecule has 7 nitrogen and oxygen atoms in total. The van der Waals surface area contributed by atoms with Gasteiger partial charge in [0.2, 0.25) is 0 Å². The highest BCUT2D eigenvalue weighted by molar-refractivity contribution is 5.95. The van der Waals surface area contributed by atoms with E-state index < -0.39 is 17.5 Å². The lowest BCUT2D eigenvalue weighted by molar-refractivity contribution is -0.162. The van der Waals surface area contributed by atoms with Crippen LogP contribution in [0.25, 0.3) is 0 Å². The molecular formula is C17H23NO6. The van der Waals surface area contributed by atoms with Crippen LogP contribution in [0.15, 0.2) is 18.2 Å². The fourth-order valence-electron chi connectivity index (χ4n) is 3.26. The van der Waals surface area contributed by atoms with Gasteiger partial charge in [-0.1, -0.05) is 13.3 Å². The van der Waals surface area contributed by atoms with Crippen molar-refractivity contribution in [3.05, 3.63) is 23.8 Å². The number of hydrogen-bond donors (Lipinski definition) is 3. The summed E-state index contributed by atoms with van der Waals surface area (Å²) in [7, 11) is 1.41. The molecule has 1 saturated heterocycles. The predicted molar refractivity (Wildman–Crippen MR) is 86.2 cm³/mol. The summed E-state index contributed by atoms with van der Waals surface area (Å²) in [6, 6.07) is 4.32. The average molecular weight is 337 g/mol. The maximum Gasteiger partial charge on any atom is 0.312 e. The Morgan fingerprint density at radius 1 is 1.42 bits per heavy atom. The molecule has 0 spiro atoms. The van der Waals surface area contributed by atoms with Gasteiger partial charge in [0.05, 0.1) is 18.6 Å². The Hall–Kier alpha value is -2.28. The quantitative estimate of drug-likeness (QED) is 0.751. The average Bonchev–Trinajstić information content (AvgIpc) is 2.55. The number of amides is 1. The predicted octanol–water partition coefficient (Wildman–Crippen LogP) is 1.48. The van der Waals surface area contributed by atoms with E-state index in [1.807, 2.05) is 6.92 Å². The first-order valence-corrected chi connectivity index (χ1v) is 7.93. The highest BCUT2D eigenvalue weighted by Gasteiger charge is 2.48. The van der Waals surface area contributed by atoms with Crippen molar-refractivity contribution in [3.8, 4) is 11.5 Å². The van der Waals surface area contributed by atoms with Crippen molar-refractivity contribution < 1.29 is 29.6 Å². The summed E-state index contributed by atoms with van der Waals surface area (Å²) in [4.78, 5) is 25.6. The molecule has 1 aliphatic rings. The summed E-state index contributed by atoms with van der Waals surface area (Å²) in [6.07, 6.45) is 0.0866. The first-order chi connectivity index (χ1) is 11.4. The first-order valence-electron chi connectivity index (χ1n) is 7.93. The van der Waals surface area contributed by atoms with E-state index in [2.05, 4.69) is 0 Å². The Labute approximate surface area is 140 Å². The third-order valence-electron chi connectivity index (χ3n) is 4.69. The molecule has 24 heavy (non-hydrogen) atoms. The summed E-state index contributed by atoms with van der Waals surface area (Å²) >= 11 is 0. The number of likely N-dealkylation sites (tertiary alicyclic amines) is 1. The SMILES string of the molecule is CCC[C@]1(C(=O)O)CCN(C(=O)c2ccc(OC)c(O)c2)C[C@@H]1O. The maximum atomic E-state index is 12.6. The molecule has 7 heteroatoms. The van der Waals surface area contributed by atoms with Crippen LogP contribution in [0.1, 0.15) is 36.5 Å². The van der Waals surface area contributed by atoms with Crippen molar-refractivity contribution in [3.63, 3.8) is 0 Å². The lowest BCUT2D eigenvalue weighted by atomic mass is 9.72. The molecule has 0 bridgehead atoms. The number of aliphatic hydroxyl groups excluding tert-OH is 1. The highest BCUT2D eigenvalue weighted by Crippen LogP contribution is 2.37. The number of ether oxygens (including phenoxy) is 1. The van der Waals surface area contributed by atoms with Crippen LogP contribution in [0, 0.1) is 5.41 Å². The minimum Gasteiger partial charge on any atom is -0.504 e. The molecule has 0 saturated carbocycles. The lowest BCUT2D eigenvalue weighted by Crippen LogP contribution is -2.56. The van der Waals surface area contributed by atoms with Crippen LogP contribution in [0.2, 0.25) is 0 Å². The first kappa shape index (κ1) is 18.1. The minimum atomic E-state index is -1.20. The molecule has 2 atom stereocenters. The Balaban J connectivity index is 2.17. The van der Waals surface area contributed by atoms with Gasteiger partial charge >= 0.3 is 5.97 Å². The summed E-state index contributed by atoms with van der Waals surface area (Å²) in [6.45, 7) is 2.07. The van der Waals surface area contributed by atoms with Gasteiger partial charge < -0.3 is 25.0 Å². The van der Waals surface area contributed by atoms with Gasteiger partial charge in [-0.05, 0) is 31.0 Å². The molecule has 1 heterocycles. The number of nitrogens with zero attached hydrogens (tertiary/aromatic N) is 1. The Bertz CT molecular complexity index is 632. The van der Waals surface area contributed by atoms with E-state index in [4.69, 9.17) is 4.74 Å². The second-order valence-corrected chi connectivity index (χ2v) is 6.11. The number of carboxylic acid groups (broad SMARTS) is 1. The van der Waals surface area contributed by atoms with Crippen LogP contribution in [0.5, 0.6) is 11.5 Å². The van der Waals surface area contributed by atoms with Crippen molar-refractivity contribution >= 4 is 11.9 Å². The normalized spacial score (nSPS) is 23.8. The van der Waals surface area contributed by atoms with Crippen LogP contribution in [-0.4, -0.2) is 58.4 Å². The zero-order chi connectivity index (χ0) is 17.9. The van der Waals surface area contributed by atoms with Crippen LogP contribution in [0.3, 0.4) is 0 Å². The summed E-state index contributed by atoms with van der Waals surface area (Å²) in [5.74, 6) is -1.27. The minimum absolute atomic E-state index is 0.0437. The number of aliphatic carboxylic acids is 1. The van der Waals surface area contributed by atoms with E-state index in [0.29, 0.717) is 12.8 Å². The largest absolute Gasteiger partial charge is 0.504 e. The Morgan fingerprint density at radius 3 is 2.62 bits per heavy atom. The molecule has 0 radical (unpaired) electrons. The molecule has 0 aliphatic carbocycles. The van der Waals surface area contributed by atoms with E-state index in [-0.39, 0.29) is 42.5 Å². The molecule has 132 valence electrons. The van der Waals surface area contributed by atoms with Gasteiger partial charge in [0.15, 0.2) is 11.5 Å². The summed E-state index contributed by atoms with van der Waals surface area (Å²) in [5.41, 5.74) is -0.938. The van der Waals surface area contributed by atoms with Gasteiger partial charge in [-0.25, -0.2) is 0 Å². The monoisotopic (exact) mass is 337 g/mol. The lowest BCUT2D eigenvalue weighted by Gasteiger charge is -2.42. The van der Waals surface area contributed by atoms with Gasteiger partial charge in [-0.2, -0.15) is 0 Å². The zero-order valence-corrected chi connectivity index (χ0v) is 13.9. The molecule has 1 aromatic rings. The molecule has 1 fully saturated rings.